The molecule has 2 rings (SSSR count). The van der Waals surface area contributed by atoms with Crippen LogP contribution in [-0.4, -0.2) is 28.8 Å². The van der Waals surface area contributed by atoms with E-state index in [1.807, 2.05) is 18.2 Å². The summed E-state index contributed by atoms with van der Waals surface area (Å²) in [6, 6.07) is 7.33. The van der Waals surface area contributed by atoms with Gasteiger partial charge in [-0.1, -0.05) is 0 Å². The summed E-state index contributed by atoms with van der Waals surface area (Å²) in [6.45, 7) is 0. The Bertz CT molecular complexity index is 493. The standard InChI is InChI=1S/C10H12BNO3/c1-12-9-4-3-8(15-2)5-7(9)6-10(12)11(13)14/h3-6,13-14H,1-2H3. The highest BCUT2D eigenvalue weighted by molar-refractivity contribution is 6.58. The highest BCUT2D eigenvalue weighted by Gasteiger charge is 2.17. The van der Waals surface area contributed by atoms with E-state index in [9.17, 15) is 0 Å². The molecule has 0 spiro atoms. The molecular formula is C10H12BNO3. The summed E-state index contributed by atoms with van der Waals surface area (Å²) < 4.78 is 6.85. The molecule has 0 saturated heterocycles. The van der Waals surface area contributed by atoms with Crippen LogP contribution in [0.3, 0.4) is 0 Å². The van der Waals surface area contributed by atoms with Crippen LogP contribution in [0.5, 0.6) is 5.75 Å². The van der Waals surface area contributed by atoms with Crippen molar-refractivity contribution in [1.82, 2.24) is 4.57 Å². The topological polar surface area (TPSA) is 54.6 Å². The summed E-state index contributed by atoms with van der Waals surface area (Å²) in [5.41, 5.74) is 1.41. The number of ether oxygens (including phenoxy) is 1. The fourth-order valence-corrected chi connectivity index (χ4v) is 1.72. The molecule has 0 amide bonds. The van der Waals surface area contributed by atoms with E-state index in [0.29, 0.717) is 5.59 Å². The first-order valence-corrected chi connectivity index (χ1v) is 4.63. The second-order valence-electron chi connectivity index (χ2n) is 3.43. The Balaban J connectivity index is 2.65. The molecule has 5 heteroatoms. The van der Waals surface area contributed by atoms with Gasteiger partial charge < -0.3 is 19.4 Å². The predicted molar refractivity (Wildman–Crippen MR) is 59.3 cm³/mol. The van der Waals surface area contributed by atoms with Crippen molar-refractivity contribution in [1.29, 1.82) is 0 Å². The molecule has 0 radical (unpaired) electrons. The molecule has 0 aliphatic rings. The lowest BCUT2D eigenvalue weighted by Crippen LogP contribution is -2.34. The lowest BCUT2D eigenvalue weighted by molar-refractivity contribution is 0.415. The van der Waals surface area contributed by atoms with E-state index in [-0.39, 0.29) is 0 Å². The molecule has 4 nitrogen and oxygen atoms in total. The molecule has 0 fully saturated rings. The number of methoxy groups -OCH3 is 1. The minimum atomic E-state index is -1.45. The second-order valence-corrected chi connectivity index (χ2v) is 3.43. The second kappa shape index (κ2) is 3.60. The number of hydrogen-bond acceptors (Lipinski definition) is 3. The van der Waals surface area contributed by atoms with Crippen molar-refractivity contribution in [3.05, 3.63) is 24.3 Å². The monoisotopic (exact) mass is 205 g/mol. The Morgan fingerprint density at radius 2 is 2.00 bits per heavy atom. The first-order valence-electron chi connectivity index (χ1n) is 4.63. The average Bonchev–Trinajstić information content (AvgIpc) is 2.55. The van der Waals surface area contributed by atoms with Crippen molar-refractivity contribution >= 4 is 23.6 Å². The molecule has 1 aromatic carbocycles. The average molecular weight is 205 g/mol. The summed E-state index contributed by atoms with van der Waals surface area (Å²) >= 11 is 0. The molecule has 15 heavy (non-hydrogen) atoms. The quantitative estimate of drug-likeness (QED) is 0.671. The van der Waals surface area contributed by atoms with Crippen LogP contribution in [0.2, 0.25) is 0 Å². The van der Waals surface area contributed by atoms with E-state index in [1.165, 1.54) is 0 Å². The van der Waals surface area contributed by atoms with E-state index in [2.05, 4.69) is 0 Å². The van der Waals surface area contributed by atoms with Gasteiger partial charge in [0.15, 0.2) is 0 Å². The zero-order valence-electron chi connectivity index (χ0n) is 8.64. The Kier molecular flexibility index (Phi) is 2.42. The number of nitrogens with zero attached hydrogens (tertiary/aromatic N) is 1. The van der Waals surface area contributed by atoms with Gasteiger partial charge in [-0.2, -0.15) is 0 Å². The van der Waals surface area contributed by atoms with Crippen molar-refractivity contribution in [2.24, 2.45) is 7.05 Å². The Labute approximate surface area is 87.9 Å². The third-order valence-corrected chi connectivity index (χ3v) is 2.55. The third kappa shape index (κ3) is 1.60. The van der Waals surface area contributed by atoms with Gasteiger partial charge in [0.05, 0.1) is 7.11 Å². The first-order chi connectivity index (χ1) is 7.13. The molecule has 0 bridgehead atoms. The maximum absolute atomic E-state index is 9.14. The zero-order valence-corrected chi connectivity index (χ0v) is 8.64. The molecule has 0 aliphatic heterocycles. The van der Waals surface area contributed by atoms with Crippen molar-refractivity contribution in [3.63, 3.8) is 0 Å². The fourth-order valence-electron chi connectivity index (χ4n) is 1.72. The van der Waals surface area contributed by atoms with Gasteiger partial charge in [-0.3, -0.25) is 0 Å². The van der Waals surface area contributed by atoms with E-state index in [1.54, 1.807) is 24.8 Å². The van der Waals surface area contributed by atoms with Crippen LogP contribution >= 0.6 is 0 Å². The number of fused-ring (bicyclic) bond motifs is 1. The maximum atomic E-state index is 9.14. The van der Waals surface area contributed by atoms with Gasteiger partial charge in [-0.05, 0) is 24.3 Å². The highest BCUT2D eigenvalue weighted by Crippen LogP contribution is 2.20. The van der Waals surface area contributed by atoms with Crippen molar-refractivity contribution < 1.29 is 14.8 Å². The van der Waals surface area contributed by atoms with Crippen LogP contribution in [0.25, 0.3) is 10.9 Å². The number of hydrogen-bond donors (Lipinski definition) is 2. The number of aryl methyl sites for hydroxylation is 1. The van der Waals surface area contributed by atoms with Gasteiger partial charge in [0.2, 0.25) is 0 Å². The van der Waals surface area contributed by atoms with Crippen LogP contribution in [0.15, 0.2) is 24.3 Å². The third-order valence-electron chi connectivity index (χ3n) is 2.55. The van der Waals surface area contributed by atoms with Crippen LogP contribution < -0.4 is 10.3 Å². The van der Waals surface area contributed by atoms with E-state index in [4.69, 9.17) is 14.8 Å². The van der Waals surface area contributed by atoms with Gasteiger partial charge in [0.25, 0.3) is 0 Å². The molecule has 0 unspecified atom stereocenters. The minimum Gasteiger partial charge on any atom is -0.497 e. The van der Waals surface area contributed by atoms with Crippen LogP contribution in [0, 0.1) is 0 Å². The zero-order chi connectivity index (χ0) is 11.0. The van der Waals surface area contributed by atoms with Crippen molar-refractivity contribution in [2.75, 3.05) is 7.11 Å². The molecule has 0 aliphatic carbocycles. The van der Waals surface area contributed by atoms with Crippen LogP contribution in [0.1, 0.15) is 0 Å². The molecule has 1 aromatic heterocycles. The van der Waals surface area contributed by atoms with Gasteiger partial charge in [-0.15, -0.1) is 0 Å². The Hall–Kier alpha value is -1.46. The van der Waals surface area contributed by atoms with Crippen LogP contribution in [-0.2, 0) is 7.05 Å². The van der Waals surface area contributed by atoms with Gasteiger partial charge in [0.1, 0.15) is 5.75 Å². The lowest BCUT2D eigenvalue weighted by atomic mass is 9.86. The van der Waals surface area contributed by atoms with Gasteiger partial charge in [-0.25, -0.2) is 0 Å². The van der Waals surface area contributed by atoms with Crippen molar-refractivity contribution in [3.8, 4) is 5.75 Å². The summed E-state index contributed by atoms with van der Waals surface area (Å²) in [4.78, 5) is 0. The van der Waals surface area contributed by atoms with Crippen molar-refractivity contribution in [2.45, 2.75) is 0 Å². The summed E-state index contributed by atoms with van der Waals surface area (Å²) in [5.74, 6) is 0.757. The molecular weight excluding hydrogens is 193 g/mol. The Morgan fingerprint density at radius 3 is 2.60 bits per heavy atom. The molecule has 0 saturated carbocycles. The van der Waals surface area contributed by atoms with E-state index in [0.717, 1.165) is 16.7 Å². The van der Waals surface area contributed by atoms with Gasteiger partial charge in [0, 0.05) is 23.5 Å². The maximum Gasteiger partial charge on any atom is 0.505 e. The summed E-state index contributed by atoms with van der Waals surface area (Å²) in [7, 11) is 1.95. The largest absolute Gasteiger partial charge is 0.505 e. The summed E-state index contributed by atoms with van der Waals surface area (Å²) in [6.07, 6.45) is 0. The molecule has 2 N–H and O–H groups in total. The predicted octanol–water partition coefficient (Wildman–Crippen LogP) is -0.133. The minimum absolute atomic E-state index is 0.471. The smallest absolute Gasteiger partial charge is 0.497 e. The Morgan fingerprint density at radius 1 is 1.27 bits per heavy atom. The molecule has 78 valence electrons. The molecule has 1 heterocycles. The van der Waals surface area contributed by atoms with Gasteiger partial charge >= 0.3 is 7.12 Å². The SMILES string of the molecule is COc1ccc2c(c1)cc(B(O)O)n2C. The number of benzene rings is 1. The first kappa shape index (κ1) is 10.1. The number of aromatic nitrogens is 1. The van der Waals surface area contributed by atoms with E-state index < -0.39 is 7.12 Å². The normalized spacial score (nSPS) is 10.7. The highest BCUT2D eigenvalue weighted by atomic mass is 16.5. The fraction of sp³-hybridized carbons (Fsp3) is 0.200. The number of rotatable bonds is 2. The van der Waals surface area contributed by atoms with Crippen LogP contribution in [0.4, 0.5) is 0 Å². The van der Waals surface area contributed by atoms with E-state index >= 15 is 0 Å². The molecule has 2 aromatic rings. The lowest BCUT2D eigenvalue weighted by Gasteiger charge is -2.02. The summed E-state index contributed by atoms with van der Waals surface area (Å²) in [5, 5.41) is 19.2. The molecule has 0 atom stereocenters.